The summed E-state index contributed by atoms with van der Waals surface area (Å²) in [5, 5.41) is 3.02. The summed E-state index contributed by atoms with van der Waals surface area (Å²) in [5.74, 6) is 1.26. The summed E-state index contributed by atoms with van der Waals surface area (Å²) in [6.45, 7) is 1.93. The van der Waals surface area contributed by atoms with Crippen molar-refractivity contribution < 1.29 is 4.79 Å². The number of rotatable bonds is 3. The molecule has 0 unspecified atom stereocenters. The van der Waals surface area contributed by atoms with Crippen LogP contribution in [0, 0.1) is 12.8 Å². The SMILES string of the molecule is Cc1nc2c(nc1NC(=O)CC1CCCCC1)CCc1ccccc1-2. The molecule has 0 aliphatic heterocycles. The van der Waals surface area contributed by atoms with Crippen LogP contribution < -0.4 is 5.32 Å². The molecular formula is C21H25N3O. The van der Waals surface area contributed by atoms with Crippen LogP contribution in [-0.4, -0.2) is 15.9 Å². The molecule has 0 bridgehead atoms. The molecule has 0 spiro atoms. The largest absolute Gasteiger partial charge is 0.309 e. The Morgan fingerprint density at radius 3 is 2.76 bits per heavy atom. The van der Waals surface area contributed by atoms with Crippen molar-refractivity contribution in [3.63, 3.8) is 0 Å². The normalized spacial score (nSPS) is 16.8. The first-order valence-electron chi connectivity index (χ1n) is 9.46. The van der Waals surface area contributed by atoms with Crippen LogP contribution in [-0.2, 0) is 17.6 Å². The zero-order chi connectivity index (χ0) is 17.2. The molecule has 1 aromatic heterocycles. The minimum atomic E-state index is 0.0838. The van der Waals surface area contributed by atoms with E-state index in [0.717, 1.165) is 29.9 Å². The Balaban J connectivity index is 1.53. The summed E-state index contributed by atoms with van der Waals surface area (Å²) >= 11 is 0. The van der Waals surface area contributed by atoms with Crippen molar-refractivity contribution in [2.75, 3.05) is 5.32 Å². The van der Waals surface area contributed by atoms with Gasteiger partial charge in [0.2, 0.25) is 5.91 Å². The second kappa shape index (κ2) is 6.95. The smallest absolute Gasteiger partial charge is 0.225 e. The number of anilines is 1. The number of fused-ring (bicyclic) bond motifs is 3. The lowest BCUT2D eigenvalue weighted by molar-refractivity contribution is -0.117. The zero-order valence-corrected chi connectivity index (χ0v) is 14.8. The maximum Gasteiger partial charge on any atom is 0.225 e. The Morgan fingerprint density at radius 1 is 1.12 bits per heavy atom. The monoisotopic (exact) mass is 335 g/mol. The van der Waals surface area contributed by atoms with Gasteiger partial charge in [0.15, 0.2) is 5.82 Å². The van der Waals surface area contributed by atoms with E-state index in [1.165, 1.54) is 43.2 Å². The van der Waals surface area contributed by atoms with Crippen LogP contribution >= 0.6 is 0 Å². The first-order valence-corrected chi connectivity index (χ1v) is 9.46. The zero-order valence-electron chi connectivity index (χ0n) is 14.8. The maximum absolute atomic E-state index is 12.4. The second-order valence-electron chi connectivity index (χ2n) is 7.37. The van der Waals surface area contributed by atoms with E-state index >= 15 is 0 Å². The van der Waals surface area contributed by atoms with Gasteiger partial charge in [0.05, 0.1) is 17.1 Å². The number of aryl methyl sites for hydroxylation is 3. The van der Waals surface area contributed by atoms with Crippen LogP contribution in [0.1, 0.15) is 55.5 Å². The summed E-state index contributed by atoms with van der Waals surface area (Å²) in [7, 11) is 0. The van der Waals surface area contributed by atoms with Crippen molar-refractivity contribution in [1.29, 1.82) is 0 Å². The molecule has 2 aliphatic carbocycles. The van der Waals surface area contributed by atoms with Crippen LogP contribution in [0.25, 0.3) is 11.3 Å². The first-order chi connectivity index (χ1) is 12.2. The highest BCUT2D eigenvalue weighted by Gasteiger charge is 2.22. The van der Waals surface area contributed by atoms with E-state index in [1.807, 2.05) is 13.0 Å². The van der Waals surface area contributed by atoms with Gasteiger partial charge in [0.25, 0.3) is 0 Å². The van der Waals surface area contributed by atoms with E-state index in [-0.39, 0.29) is 5.91 Å². The third kappa shape index (κ3) is 3.44. The summed E-state index contributed by atoms with van der Waals surface area (Å²) in [4.78, 5) is 21.9. The van der Waals surface area contributed by atoms with Gasteiger partial charge < -0.3 is 5.32 Å². The number of carbonyl (C=O) groups excluding carboxylic acids is 1. The molecule has 2 aliphatic rings. The summed E-state index contributed by atoms with van der Waals surface area (Å²) in [5.41, 5.74) is 5.28. The Kier molecular flexibility index (Phi) is 4.51. The average Bonchev–Trinajstić information content (AvgIpc) is 2.63. The molecule has 0 atom stereocenters. The van der Waals surface area contributed by atoms with Crippen LogP contribution in [0.2, 0.25) is 0 Å². The van der Waals surface area contributed by atoms with Crippen molar-refractivity contribution >= 4 is 11.7 Å². The molecule has 4 heteroatoms. The topological polar surface area (TPSA) is 54.9 Å². The lowest BCUT2D eigenvalue weighted by atomic mass is 9.87. The first kappa shape index (κ1) is 16.2. The molecule has 1 fully saturated rings. The summed E-state index contributed by atoms with van der Waals surface area (Å²) in [6.07, 6.45) is 8.67. The molecule has 1 N–H and O–H groups in total. The van der Waals surface area contributed by atoms with Gasteiger partial charge in [-0.25, -0.2) is 9.97 Å². The van der Waals surface area contributed by atoms with Gasteiger partial charge in [-0.2, -0.15) is 0 Å². The van der Waals surface area contributed by atoms with Crippen molar-refractivity contribution in [2.24, 2.45) is 5.92 Å². The van der Waals surface area contributed by atoms with Gasteiger partial charge >= 0.3 is 0 Å². The molecule has 1 heterocycles. The van der Waals surface area contributed by atoms with E-state index in [9.17, 15) is 4.79 Å². The molecule has 130 valence electrons. The molecule has 1 aromatic carbocycles. The van der Waals surface area contributed by atoms with Crippen molar-refractivity contribution in [3.8, 4) is 11.3 Å². The predicted octanol–water partition coefficient (Wildman–Crippen LogP) is 4.46. The fraction of sp³-hybridized carbons (Fsp3) is 0.476. The second-order valence-corrected chi connectivity index (χ2v) is 7.37. The van der Waals surface area contributed by atoms with Crippen molar-refractivity contribution in [1.82, 2.24) is 9.97 Å². The van der Waals surface area contributed by atoms with Crippen LogP contribution in [0.5, 0.6) is 0 Å². The Bertz CT molecular complexity index is 794. The molecule has 1 amide bonds. The standard InChI is InChI=1S/C21H25N3O/c1-14-21(24-19(25)13-15-7-3-2-4-8-15)23-18-12-11-16-9-5-6-10-17(16)20(18)22-14/h5-6,9-10,15H,2-4,7-8,11-13H2,1H3,(H,23,24,25). The average molecular weight is 335 g/mol. The van der Waals surface area contributed by atoms with E-state index in [4.69, 9.17) is 9.97 Å². The number of nitrogens with one attached hydrogen (secondary N) is 1. The Morgan fingerprint density at radius 2 is 1.92 bits per heavy atom. The van der Waals surface area contributed by atoms with E-state index in [2.05, 4.69) is 23.5 Å². The Labute approximate surface area is 149 Å². The minimum Gasteiger partial charge on any atom is -0.309 e. The highest BCUT2D eigenvalue weighted by molar-refractivity contribution is 5.90. The molecule has 25 heavy (non-hydrogen) atoms. The Hall–Kier alpha value is -2.23. The number of hydrogen-bond acceptors (Lipinski definition) is 3. The van der Waals surface area contributed by atoms with Gasteiger partial charge in [-0.05, 0) is 44.1 Å². The fourth-order valence-electron chi connectivity index (χ4n) is 4.12. The highest BCUT2D eigenvalue weighted by Crippen LogP contribution is 2.32. The van der Waals surface area contributed by atoms with E-state index < -0.39 is 0 Å². The number of benzene rings is 1. The van der Waals surface area contributed by atoms with Crippen molar-refractivity contribution in [2.45, 2.75) is 58.3 Å². The summed E-state index contributed by atoms with van der Waals surface area (Å²) < 4.78 is 0. The van der Waals surface area contributed by atoms with Gasteiger partial charge in [-0.1, -0.05) is 43.5 Å². The number of aromatic nitrogens is 2. The lowest BCUT2D eigenvalue weighted by Crippen LogP contribution is -2.21. The molecule has 4 nitrogen and oxygen atoms in total. The minimum absolute atomic E-state index is 0.0838. The summed E-state index contributed by atoms with van der Waals surface area (Å²) in [6, 6.07) is 8.40. The van der Waals surface area contributed by atoms with E-state index in [0.29, 0.717) is 18.2 Å². The van der Waals surface area contributed by atoms with Gasteiger partial charge in [0.1, 0.15) is 0 Å². The third-order valence-electron chi connectivity index (χ3n) is 5.50. The maximum atomic E-state index is 12.4. The number of carbonyl (C=O) groups is 1. The number of amides is 1. The molecule has 0 saturated heterocycles. The van der Waals surface area contributed by atoms with Gasteiger partial charge in [0, 0.05) is 12.0 Å². The molecular weight excluding hydrogens is 310 g/mol. The lowest BCUT2D eigenvalue weighted by Gasteiger charge is -2.22. The molecule has 1 saturated carbocycles. The van der Waals surface area contributed by atoms with Crippen LogP contribution in [0.3, 0.4) is 0 Å². The molecule has 0 radical (unpaired) electrons. The van der Waals surface area contributed by atoms with Gasteiger partial charge in [-0.15, -0.1) is 0 Å². The third-order valence-corrected chi connectivity index (χ3v) is 5.50. The highest BCUT2D eigenvalue weighted by atomic mass is 16.1. The number of hydrogen-bond donors (Lipinski definition) is 1. The van der Waals surface area contributed by atoms with Crippen LogP contribution in [0.4, 0.5) is 5.82 Å². The fourth-order valence-corrected chi connectivity index (χ4v) is 4.12. The van der Waals surface area contributed by atoms with E-state index in [1.54, 1.807) is 0 Å². The van der Waals surface area contributed by atoms with Crippen molar-refractivity contribution in [3.05, 3.63) is 41.2 Å². The molecule has 4 rings (SSSR count). The molecule has 2 aromatic rings. The van der Waals surface area contributed by atoms with Gasteiger partial charge in [-0.3, -0.25) is 4.79 Å². The number of nitrogens with zero attached hydrogens (tertiary/aromatic N) is 2. The quantitative estimate of drug-likeness (QED) is 0.901. The van der Waals surface area contributed by atoms with Crippen LogP contribution in [0.15, 0.2) is 24.3 Å². The predicted molar refractivity (Wildman–Crippen MR) is 99.4 cm³/mol.